The number of esters is 1. The average Bonchev–Trinajstić information content (AvgIpc) is 3.36. The van der Waals surface area contributed by atoms with Gasteiger partial charge < -0.3 is 19.0 Å². The van der Waals surface area contributed by atoms with Gasteiger partial charge in [0.05, 0.1) is 11.8 Å². The molecule has 2 aromatic rings. The van der Waals surface area contributed by atoms with E-state index in [0.29, 0.717) is 11.4 Å². The molecule has 1 saturated carbocycles. The van der Waals surface area contributed by atoms with Crippen molar-refractivity contribution in [2.24, 2.45) is 0 Å². The molecular weight excluding hydrogens is 334 g/mol. The number of nitriles is 1. The third-order valence-corrected chi connectivity index (χ3v) is 4.87. The van der Waals surface area contributed by atoms with Crippen LogP contribution in [0, 0.1) is 25.2 Å². The first-order valence-corrected chi connectivity index (χ1v) is 8.65. The van der Waals surface area contributed by atoms with Gasteiger partial charge in [0.2, 0.25) is 5.76 Å². The maximum Gasteiger partial charge on any atom is 0.374 e. The zero-order valence-electron chi connectivity index (χ0n) is 14.9. The van der Waals surface area contributed by atoms with Crippen LogP contribution in [-0.2, 0) is 9.53 Å². The highest BCUT2D eigenvalue weighted by atomic mass is 16.5. The predicted octanol–water partition coefficient (Wildman–Crippen LogP) is 3.48. The first kappa shape index (κ1) is 17.8. The van der Waals surface area contributed by atoms with E-state index >= 15 is 0 Å². The number of hydrogen-bond acceptors (Lipinski definition) is 5. The SMILES string of the molecule is Cc1c(C#N)c(NC(=O)COC(=O)c2ccco2)n(C2CCCC2)c1C. The summed E-state index contributed by atoms with van der Waals surface area (Å²) in [5.41, 5.74) is 2.30. The van der Waals surface area contributed by atoms with Crippen LogP contribution < -0.4 is 5.32 Å². The molecule has 7 heteroatoms. The number of carbonyl (C=O) groups is 2. The van der Waals surface area contributed by atoms with Crippen LogP contribution in [0.4, 0.5) is 5.82 Å². The normalized spacial score (nSPS) is 14.2. The molecule has 1 aliphatic rings. The quantitative estimate of drug-likeness (QED) is 0.828. The fourth-order valence-electron chi connectivity index (χ4n) is 3.47. The fraction of sp³-hybridized carbons (Fsp3) is 0.421. The summed E-state index contributed by atoms with van der Waals surface area (Å²) in [6, 6.07) is 5.49. The molecule has 0 aromatic carbocycles. The Morgan fingerprint density at radius 1 is 1.38 bits per heavy atom. The molecule has 0 unspecified atom stereocenters. The number of nitrogens with zero attached hydrogens (tertiary/aromatic N) is 2. The highest BCUT2D eigenvalue weighted by Gasteiger charge is 2.27. The van der Waals surface area contributed by atoms with Crippen molar-refractivity contribution in [1.82, 2.24) is 4.57 Å². The molecule has 0 bridgehead atoms. The van der Waals surface area contributed by atoms with Crippen molar-refractivity contribution in [3.05, 3.63) is 41.0 Å². The van der Waals surface area contributed by atoms with E-state index in [1.807, 2.05) is 18.4 Å². The summed E-state index contributed by atoms with van der Waals surface area (Å²) < 4.78 is 11.9. The van der Waals surface area contributed by atoms with E-state index in [0.717, 1.165) is 36.9 Å². The van der Waals surface area contributed by atoms with Crippen molar-refractivity contribution in [3.63, 3.8) is 0 Å². The van der Waals surface area contributed by atoms with Crippen molar-refractivity contribution < 1.29 is 18.7 Å². The highest BCUT2D eigenvalue weighted by molar-refractivity contribution is 5.95. The Labute approximate surface area is 151 Å². The highest BCUT2D eigenvalue weighted by Crippen LogP contribution is 2.37. The van der Waals surface area contributed by atoms with Crippen molar-refractivity contribution in [2.75, 3.05) is 11.9 Å². The lowest BCUT2D eigenvalue weighted by molar-refractivity contribution is -0.119. The van der Waals surface area contributed by atoms with Gasteiger partial charge in [-0.05, 0) is 44.4 Å². The van der Waals surface area contributed by atoms with Crippen LogP contribution in [0.2, 0.25) is 0 Å². The molecule has 0 spiro atoms. The largest absolute Gasteiger partial charge is 0.457 e. The molecule has 0 saturated heterocycles. The molecule has 26 heavy (non-hydrogen) atoms. The van der Waals surface area contributed by atoms with E-state index < -0.39 is 18.5 Å². The van der Waals surface area contributed by atoms with Gasteiger partial charge in [-0.3, -0.25) is 4.79 Å². The second kappa shape index (κ2) is 7.48. The van der Waals surface area contributed by atoms with Gasteiger partial charge in [-0.1, -0.05) is 12.8 Å². The summed E-state index contributed by atoms with van der Waals surface area (Å²) in [5, 5.41) is 12.3. The van der Waals surface area contributed by atoms with Crippen LogP contribution in [0.3, 0.4) is 0 Å². The van der Waals surface area contributed by atoms with E-state index in [9.17, 15) is 14.9 Å². The first-order valence-electron chi connectivity index (χ1n) is 8.65. The molecule has 1 amide bonds. The number of hydrogen-bond donors (Lipinski definition) is 1. The number of ether oxygens (including phenoxy) is 1. The number of nitrogens with one attached hydrogen (secondary N) is 1. The maximum atomic E-state index is 12.3. The van der Waals surface area contributed by atoms with Crippen LogP contribution in [0.5, 0.6) is 0 Å². The number of rotatable bonds is 5. The zero-order chi connectivity index (χ0) is 18.7. The molecule has 1 N–H and O–H groups in total. The Kier molecular flexibility index (Phi) is 5.12. The van der Waals surface area contributed by atoms with Gasteiger partial charge in [-0.15, -0.1) is 0 Å². The predicted molar refractivity (Wildman–Crippen MR) is 93.7 cm³/mol. The molecular formula is C19H21N3O4. The topological polar surface area (TPSA) is 97.3 Å². The van der Waals surface area contributed by atoms with Crippen molar-refractivity contribution in [1.29, 1.82) is 5.26 Å². The number of anilines is 1. The third kappa shape index (κ3) is 3.36. The van der Waals surface area contributed by atoms with Gasteiger partial charge in [0.1, 0.15) is 11.9 Å². The third-order valence-electron chi connectivity index (χ3n) is 4.87. The number of amides is 1. The van der Waals surface area contributed by atoms with Gasteiger partial charge in [-0.25, -0.2) is 4.79 Å². The van der Waals surface area contributed by atoms with Crippen LogP contribution in [-0.4, -0.2) is 23.1 Å². The van der Waals surface area contributed by atoms with E-state index in [-0.39, 0.29) is 11.8 Å². The van der Waals surface area contributed by atoms with Gasteiger partial charge in [0, 0.05) is 11.7 Å². The average molecular weight is 355 g/mol. The summed E-state index contributed by atoms with van der Waals surface area (Å²) in [6.45, 7) is 3.39. The molecule has 0 atom stereocenters. The van der Waals surface area contributed by atoms with Crippen molar-refractivity contribution >= 4 is 17.7 Å². The minimum absolute atomic E-state index is 0.0385. The lowest BCUT2D eigenvalue weighted by Crippen LogP contribution is -2.23. The zero-order valence-corrected chi connectivity index (χ0v) is 14.9. The lowest BCUT2D eigenvalue weighted by atomic mass is 10.2. The molecule has 7 nitrogen and oxygen atoms in total. The molecule has 1 fully saturated rings. The molecule has 2 aromatic heterocycles. The molecule has 2 heterocycles. The second-order valence-electron chi connectivity index (χ2n) is 6.46. The Bertz CT molecular complexity index is 852. The smallest absolute Gasteiger partial charge is 0.374 e. The van der Waals surface area contributed by atoms with E-state index in [4.69, 9.17) is 9.15 Å². The number of carbonyl (C=O) groups excluding carboxylic acids is 2. The first-order chi connectivity index (χ1) is 12.5. The van der Waals surface area contributed by atoms with E-state index in [1.54, 1.807) is 6.07 Å². The summed E-state index contributed by atoms with van der Waals surface area (Å²) in [4.78, 5) is 24.1. The van der Waals surface area contributed by atoms with E-state index in [1.165, 1.54) is 12.3 Å². The number of furan rings is 1. The van der Waals surface area contributed by atoms with Gasteiger partial charge in [0.15, 0.2) is 6.61 Å². The van der Waals surface area contributed by atoms with Gasteiger partial charge in [0.25, 0.3) is 5.91 Å². The Hall–Kier alpha value is -3.01. The molecule has 136 valence electrons. The summed E-state index contributed by atoms with van der Waals surface area (Å²) in [6.07, 6.45) is 5.68. The van der Waals surface area contributed by atoms with Crippen molar-refractivity contribution in [2.45, 2.75) is 45.6 Å². The molecule has 1 aliphatic carbocycles. The maximum absolute atomic E-state index is 12.3. The summed E-state index contributed by atoms with van der Waals surface area (Å²) in [5.74, 6) is -0.660. The van der Waals surface area contributed by atoms with Crippen LogP contribution in [0.25, 0.3) is 0 Å². The monoisotopic (exact) mass is 355 g/mol. The second-order valence-corrected chi connectivity index (χ2v) is 6.46. The molecule has 0 radical (unpaired) electrons. The minimum Gasteiger partial charge on any atom is -0.457 e. The van der Waals surface area contributed by atoms with Gasteiger partial charge >= 0.3 is 5.97 Å². The van der Waals surface area contributed by atoms with Crippen molar-refractivity contribution in [3.8, 4) is 6.07 Å². The van der Waals surface area contributed by atoms with Crippen LogP contribution in [0.1, 0.15) is 59.1 Å². The van der Waals surface area contributed by atoms with Gasteiger partial charge in [-0.2, -0.15) is 5.26 Å². The Balaban J connectivity index is 1.76. The number of aromatic nitrogens is 1. The summed E-state index contributed by atoms with van der Waals surface area (Å²) >= 11 is 0. The lowest BCUT2D eigenvalue weighted by Gasteiger charge is -2.19. The standard InChI is InChI=1S/C19H21N3O4/c1-12-13(2)22(14-6-3-4-7-14)18(15(12)10-20)21-17(23)11-26-19(24)16-8-5-9-25-16/h5,8-9,14H,3-4,6-7,11H2,1-2H3,(H,21,23). The van der Waals surface area contributed by atoms with Crippen LogP contribution >= 0.6 is 0 Å². The minimum atomic E-state index is -0.704. The Morgan fingerprint density at radius 2 is 2.12 bits per heavy atom. The molecule has 0 aliphatic heterocycles. The van der Waals surface area contributed by atoms with Crippen LogP contribution in [0.15, 0.2) is 22.8 Å². The molecule has 3 rings (SSSR count). The van der Waals surface area contributed by atoms with E-state index in [2.05, 4.69) is 11.4 Å². The Morgan fingerprint density at radius 3 is 2.73 bits per heavy atom. The fourth-order valence-corrected chi connectivity index (χ4v) is 3.47. The summed E-state index contributed by atoms with van der Waals surface area (Å²) in [7, 11) is 0.